The van der Waals surface area contributed by atoms with Gasteiger partial charge in [-0.15, -0.1) is 0 Å². The molecule has 33 heavy (non-hydrogen) atoms. The molecule has 2 aromatic carbocycles. The van der Waals surface area contributed by atoms with E-state index in [0.29, 0.717) is 21.9 Å². The molecule has 0 atom stereocenters. The number of thiazole rings is 1. The first-order valence-electron chi connectivity index (χ1n) is 9.87. The van der Waals surface area contributed by atoms with E-state index in [1.807, 2.05) is 19.1 Å². The van der Waals surface area contributed by atoms with Crippen LogP contribution in [0.5, 0.6) is 5.75 Å². The number of hydrogen-bond acceptors (Lipinski definition) is 7. The van der Waals surface area contributed by atoms with Crippen molar-refractivity contribution in [3.8, 4) is 11.4 Å². The van der Waals surface area contributed by atoms with Crippen molar-refractivity contribution >= 4 is 34.0 Å². The minimum absolute atomic E-state index is 0.158. The smallest absolute Gasteiger partial charge is 0.281 e. The summed E-state index contributed by atoms with van der Waals surface area (Å²) in [6, 6.07) is 16.9. The summed E-state index contributed by atoms with van der Waals surface area (Å²) in [6.07, 6.45) is 0. The molecule has 0 bridgehead atoms. The van der Waals surface area contributed by atoms with Crippen molar-refractivity contribution in [2.45, 2.75) is 13.8 Å². The van der Waals surface area contributed by atoms with Crippen LogP contribution < -0.4 is 16.2 Å². The standard InChI is InChI=1S/C23H19N5O4S/c1-13-7-6-10-16(11-13)28-18(30)12-17(29)19(27-28)21(31)26-23-24-14(2)20(33-23)22(32)25-15-8-4-3-5-9-15/h3-12,29H,1-2H3,(H,25,32)(H,24,26,31). The van der Waals surface area contributed by atoms with Gasteiger partial charge in [0.25, 0.3) is 17.4 Å². The Kier molecular flexibility index (Phi) is 6.01. The van der Waals surface area contributed by atoms with E-state index in [1.165, 1.54) is 0 Å². The van der Waals surface area contributed by atoms with Crippen LogP contribution in [-0.2, 0) is 0 Å². The zero-order chi connectivity index (χ0) is 23.5. The molecular formula is C23H19N5O4S. The van der Waals surface area contributed by atoms with E-state index in [4.69, 9.17) is 0 Å². The minimum Gasteiger partial charge on any atom is -0.505 e. The van der Waals surface area contributed by atoms with Crippen LogP contribution in [0.2, 0.25) is 0 Å². The number of anilines is 2. The lowest BCUT2D eigenvalue weighted by Gasteiger charge is -2.09. The summed E-state index contributed by atoms with van der Waals surface area (Å²) in [5.74, 6) is -1.68. The fraction of sp³-hybridized carbons (Fsp3) is 0.0870. The van der Waals surface area contributed by atoms with Crippen molar-refractivity contribution in [3.05, 3.63) is 92.8 Å². The number of para-hydroxylation sites is 1. The number of carbonyl (C=O) groups excluding carboxylic acids is 2. The summed E-state index contributed by atoms with van der Waals surface area (Å²) in [6.45, 7) is 3.51. The molecule has 0 radical (unpaired) electrons. The first-order valence-corrected chi connectivity index (χ1v) is 10.7. The molecule has 2 amide bonds. The lowest BCUT2D eigenvalue weighted by atomic mass is 10.2. The second-order valence-corrected chi connectivity index (χ2v) is 8.17. The van der Waals surface area contributed by atoms with Crippen LogP contribution in [0.1, 0.15) is 31.4 Å². The molecule has 9 nitrogen and oxygen atoms in total. The second-order valence-electron chi connectivity index (χ2n) is 7.18. The van der Waals surface area contributed by atoms with Crippen LogP contribution in [0.25, 0.3) is 5.69 Å². The van der Waals surface area contributed by atoms with Gasteiger partial charge in [-0.1, -0.05) is 41.7 Å². The highest BCUT2D eigenvalue weighted by atomic mass is 32.1. The summed E-state index contributed by atoms with van der Waals surface area (Å²) in [7, 11) is 0. The van der Waals surface area contributed by atoms with Crippen molar-refractivity contribution < 1.29 is 14.7 Å². The molecule has 10 heteroatoms. The zero-order valence-electron chi connectivity index (χ0n) is 17.7. The number of amides is 2. The number of nitrogens with one attached hydrogen (secondary N) is 2. The van der Waals surface area contributed by atoms with Gasteiger partial charge < -0.3 is 10.4 Å². The second kappa shape index (κ2) is 9.05. The third kappa shape index (κ3) is 4.80. The quantitative estimate of drug-likeness (QED) is 0.417. The number of aromatic hydroxyl groups is 1. The lowest BCUT2D eigenvalue weighted by Crippen LogP contribution is -2.25. The van der Waals surface area contributed by atoms with E-state index in [2.05, 4.69) is 20.7 Å². The number of carbonyl (C=O) groups is 2. The molecule has 2 aromatic heterocycles. The average Bonchev–Trinajstić information content (AvgIpc) is 3.14. The van der Waals surface area contributed by atoms with Crippen molar-refractivity contribution in [1.29, 1.82) is 0 Å². The predicted octanol–water partition coefficient (Wildman–Crippen LogP) is 3.52. The molecule has 0 aliphatic heterocycles. The van der Waals surface area contributed by atoms with Crippen LogP contribution in [0.3, 0.4) is 0 Å². The van der Waals surface area contributed by atoms with E-state index >= 15 is 0 Å². The summed E-state index contributed by atoms with van der Waals surface area (Å²) in [5, 5.41) is 19.7. The van der Waals surface area contributed by atoms with Gasteiger partial charge >= 0.3 is 0 Å². The highest BCUT2D eigenvalue weighted by molar-refractivity contribution is 7.17. The van der Waals surface area contributed by atoms with Gasteiger partial charge in [-0.05, 0) is 43.7 Å². The van der Waals surface area contributed by atoms with E-state index in [9.17, 15) is 19.5 Å². The van der Waals surface area contributed by atoms with Gasteiger partial charge in [0.2, 0.25) is 0 Å². The molecule has 0 saturated heterocycles. The Morgan fingerprint density at radius 1 is 0.970 bits per heavy atom. The van der Waals surface area contributed by atoms with Gasteiger partial charge in [0, 0.05) is 11.8 Å². The average molecular weight is 462 g/mol. The normalized spacial score (nSPS) is 10.6. The van der Waals surface area contributed by atoms with Crippen molar-refractivity contribution in [2.24, 2.45) is 0 Å². The number of benzene rings is 2. The minimum atomic E-state index is -0.766. The fourth-order valence-corrected chi connectivity index (χ4v) is 3.94. The molecule has 4 rings (SSSR count). The van der Waals surface area contributed by atoms with Gasteiger partial charge in [-0.3, -0.25) is 19.7 Å². The van der Waals surface area contributed by atoms with Gasteiger partial charge in [-0.2, -0.15) is 9.78 Å². The number of rotatable bonds is 5. The third-order valence-electron chi connectivity index (χ3n) is 4.63. The van der Waals surface area contributed by atoms with Crippen molar-refractivity contribution in [1.82, 2.24) is 14.8 Å². The maximum Gasteiger partial charge on any atom is 0.281 e. The molecule has 0 spiro atoms. The van der Waals surface area contributed by atoms with Crippen LogP contribution in [0.15, 0.2) is 65.5 Å². The number of nitrogens with zero attached hydrogens (tertiary/aromatic N) is 3. The molecule has 0 aliphatic rings. The predicted molar refractivity (Wildman–Crippen MR) is 125 cm³/mol. The molecule has 4 aromatic rings. The molecular weight excluding hydrogens is 442 g/mol. The summed E-state index contributed by atoms with van der Waals surface area (Å²) < 4.78 is 1.04. The molecule has 0 aliphatic carbocycles. The van der Waals surface area contributed by atoms with Crippen LogP contribution in [0, 0.1) is 13.8 Å². The Labute approximate surface area is 192 Å². The van der Waals surface area contributed by atoms with Crippen LogP contribution >= 0.6 is 11.3 Å². The Morgan fingerprint density at radius 3 is 2.45 bits per heavy atom. The Bertz CT molecular complexity index is 1410. The van der Waals surface area contributed by atoms with Crippen molar-refractivity contribution in [3.63, 3.8) is 0 Å². The molecule has 166 valence electrons. The van der Waals surface area contributed by atoms with Crippen LogP contribution in [0.4, 0.5) is 10.8 Å². The third-order valence-corrected chi connectivity index (χ3v) is 5.70. The summed E-state index contributed by atoms with van der Waals surface area (Å²) in [4.78, 5) is 42.2. The Hall–Kier alpha value is -4.31. The van der Waals surface area contributed by atoms with E-state index in [0.717, 1.165) is 27.6 Å². The molecule has 0 fully saturated rings. The number of aromatic nitrogens is 3. The highest BCUT2D eigenvalue weighted by Gasteiger charge is 2.21. The monoisotopic (exact) mass is 461 g/mol. The Morgan fingerprint density at radius 2 is 1.73 bits per heavy atom. The zero-order valence-corrected chi connectivity index (χ0v) is 18.5. The highest BCUT2D eigenvalue weighted by Crippen LogP contribution is 2.25. The van der Waals surface area contributed by atoms with E-state index < -0.39 is 17.2 Å². The van der Waals surface area contributed by atoms with Gasteiger partial charge in [-0.25, -0.2) is 4.98 Å². The SMILES string of the molecule is Cc1cccc(-n2nc(C(=O)Nc3nc(C)c(C(=O)Nc4ccccc4)s3)c(O)cc2=O)c1. The fourth-order valence-electron chi connectivity index (χ4n) is 3.08. The first kappa shape index (κ1) is 21.9. The van der Waals surface area contributed by atoms with Crippen molar-refractivity contribution in [2.75, 3.05) is 10.6 Å². The number of hydrogen-bond donors (Lipinski definition) is 3. The maximum absolute atomic E-state index is 12.8. The van der Waals surface area contributed by atoms with Gasteiger partial charge in [0.15, 0.2) is 16.6 Å². The summed E-state index contributed by atoms with van der Waals surface area (Å²) in [5.41, 5.74) is 1.50. The lowest BCUT2D eigenvalue weighted by molar-refractivity contribution is 0.101. The Balaban J connectivity index is 1.58. The maximum atomic E-state index is 12.8. The molecule has 0 saturated carbocycles. The number of aryl methyl sites for hydroxylation is 2. The largest absolute Gasteiger partial charge is 0.505 e. The van der Waals surface area contributed by atoms with E-state index in [1.54, 1.807) is 49.4 Å². The van der Waals surface area contributed by atoms with Crippen LogP contribution in [-0.4, -0.2) is 31.7 Å². The molecule has 3 N–H and O–H groups in total. The van der Waals surface area contributed by atoms with E-state index in [-0.39, 0.29) is 16.7 Å². The van der Waals surface area contributed by atoms with Gasteiger partial charge in [0.05, 0.1) is 11.4 Å². The van der Waals surface area contributed by atoms with Gasteiger partial charge in [0.1, 0.15) is 4.88 Å². The molecule has 2 heterocycles. The summed E-state index contributed by atoms with van der Waals surface area (Å²) >= 11 is 0.988. The topological polar surface area (TPSA) is 126 Å². The first-order chi connectivity index (χ1) is 15.8. The molecule has 0 unspecified atom stereocenters.